The third-order valence-electron chi connectivity index (χ3n) is 6.07. The zero-order valence-electron chi connectivity index (χ0n) is 18.5. The quantitative estimate of drug-likeness (QED) is 0.323. The molecule has 2 aliphatic heterocycles. The average molecular weight is 495 g/mol. The highest BCUT2D eigenvalue weighted by molar-refractivity contribution is 8.17. The molecule has 0 fully saturated rings. The molecule has 3 heterocycles. The highest BCUT2D eigenvalue weighted by Crippen LogP contribution is 2.37. The van der Waals surface area contributed by atoms with Crippen LogP contribution in [0.5, 0.6) is 0 Å². The molecule has 5 nitrogen and oxygen atoms in total. The van der Waals surface area contributed by atoms with Crippen molar-refractivity contribution in [1.29, 1.82) is 5.41 Å². The predicted octanol–water partition coefficient (Wildman–Crippen LogP) is 6.65. The molecule has 0 saturated carbocycles. The van der Waals surface area contributed by atoms with Crippen molar-refractivity contribution in [2.45, 2.75) is 6.54 Å². The lowest BCUT2D eigenvalue weighted by Gasteiger charge is -2.26. The molecule has 2 aliphatic rings. The van der Waals surface area contributed by atoms with Gasteiger partial charge in [0.05, 0.1) is 11.3 Å². The van der Waals surface area contributed by atoms with E-state index in [2.05, 4.69) is 15.6 Å². The Morgan fingerprint density at radius 2 is 1.71 bits per heavy atom. The molecule has 0 aliphatic carbocycles. The fourth-order valence-corrected chi connectivity index (χ4v) is 5.39. The molecular weight excluding hydrogens is 476 g/mol. The molecular formula is C28H19ClN4OS. The molecule has 4 aromatic rings. The van der Waals surface area contributed by atoms with Gasteiger partial charge in [0.25, 0.3) is 5.91 Å². The Bertz CT molecular complexity index is 1580. The maximum Gasteiger partial charge on any atom is 0.283 e. The number of rotatable bonds is 4. The number of benzene rings is 3. The third kappa shape index (κ3) is 3.91. The summed E-state index contributed by atoms with van der Waals surface area (Å²) in [5.74, 6) is -0.263. The van der Waals surface area contributed by atoms with Gasteiger partial charge in [0.15, 0.2) is 5.17 Å². The third-order valence-corrected chi connectivity index (χ3v) is 7.15. The van der Waals surface area contributed by atoms with E-state index in [-0.39, 0.29) is 11.4 Å². The van der Waals surface area contributed by atoms with E-state index in [0.29, 0.717) is 16.7 Å². The second-order valence-electron chi connectivity index (χ2n) is 8.28. The molecule has 7 heteroatoms. The Kier molecular flexibility index (Phi) is 5.40. The number of amides is 1. The zero-order chi connectivity index (χ0) is 23.9. The van der Waals surface area contributed by atoms with Crippen LogP contribution in [0.15, 0.2) is 101 Å². The SMILES string of the molecule is N=C1C(=Cc2cn(Cc3ccc(Cl)cc3)c3ccccc23)C(=O)N=C2SC=C(c3ccccc3)N12. The summed E-state index contributed by atoms with van der Waals surface area (Å²) in [6.07, 6.45) is 3.82. The van der Waals surface area contributed by atoms with Crippen LogP contribution < -0.4 is 0 Å². The molecule has 0 radical (unpaired) electrons. The van der Waals surface area contributed by atoms with Crippen molar-refractivity contribution in [3.8, 4) is 0 Å². The van der Waals surface area contributed by atoms with Crippen molar-refractivity contribution in [2.75, 3.05) is 0 Å². The monoisotopic (exact) mass is 494 g/mol. The van der Waals surface area contributed by atoms with E-state index >= 15 is 0 Å². The number of aromatic nitrogens is 1. The Labute approximate surface area is 211 Å². The van der Waals surface area contributed by atoms with E-state index in [9.17, 15) is 4.79 Å². The summed E-state index contributed by atoms with van der Waals surface area (Å²) < 4.78 is 2.15. The molecule has 3 aromatic carbocycles. The Morgan fingerprint density at radius 3 is 2.51 bits per heavy atom. The number of fused-ring (bicyclic) bond motifs is 2. The van der Waals surface area contributed by atoms with Crippen molar-refractivity contribution < 1.29 is 4.79 Å². The van der Waals surface area contributed by atoms with Gasteiger partial charge in [0, 0.05) is 39.6 Å². The second-order valence-corrected chi connectivity index (χ2v) is 9.56. The molecule has 1 amide bonds. The highest BCUT2D eigenvalue weighted by Gasteiger charge is 2.36. The molecule has 0 spiro atoms. The van der Waals surface area contributed by atoms with Gasteiger partial charge < -0.3 is 4.57 Å². The van der Waals surface area contributed by atoms with E-state index in [1.54, 1.807) is 11.0 Å². The summed E-state index contributed by atoms with van der Waals surface area (Å²) in [6.45, 7) is 0.665. The molecule has 0 bridgehead atoms. The van der Waals surface area contributed by atoms with Crippen molar-refractivity contribution in [3.05, 3.63) is 118 Å². The van der Waals surface area contributed by atoms with Crippen LogP contribution in [0.25, 0.3) is 22.7 Å². The van der Waals surface area contributed by atoms with E-state index in [0.717, 1.165) is 33.3 Å². The fourth-order valence-electron chi connectivity index (χ4n) is 4.38. The van der Waals surface area contributed by atoms with Gasteiger partial charge in [-0.05, 0) is 35.4 Å². The van der Waals surface area contributed by atoms with Crippen LogP contribution in [0.3, 0.4) is 0 Å². The number of nitrogens with one attached hydrogen (secondary N) is 1. The highest BCUT2D eigenvalue weighted by atomic mass is 35.5. The van der Waals surface area contributed by atoms with E-state index in [1.165, 1.54) is 11.8 Å². The maximum atomic E-state index is 13.0. The summed E-state index contributed by atoms with van der Waals surface area (Å²) in [7, 11) is 0. The van der Waals surface area contributed by atoms with Gasteiger partial charge >= 0.3 is 0 Å². The smallest absolute Gasteiger partial charge is 0.283 e. The number of hydrogen-bond donors (Lipinski definition) is 1. The molecule has 1 aromatic heterocycles. The topological polar surface area (TPSA) is 61.5 Å². The summed E-state index contributed by atoms with van der Waals surface area (Å²) in [5.41, 5.74) is 5.14. The number of carbonyl (C=O) groups excluding carboxylic acids is 1. The molecule has 35 heavy (non-hydrogen) atoms. The van der Waals surface area contributed by atoms with Gasteiger partial charge in [0.2, 0.25) is 0 Å². The molecule has 0 unspecified atom stereocenters. The number of hydrogen-bond acceptors (Lipinski definition) is 3. The zero-order valence-corrected chi connectivity index (χ0v) is 20.1. The van der Waals surface area contributed by atoms with Crippen LogP contribution in [-0.4, -0.2) is 26.4 Å². The second kappa shape index (κ2) is 8.73. The van der Waals surface area contributed by atoms with E-state index < -0.39 is 5.91 Å². The number of halogens is 1. The Balaban J connectivity index is 1.40. The van der Waals surface area contributed by atoms with Crippen LogP contribution in [0.4, 0.5) is 0 Å². The average Bonchev–Trinajstić information content (AvgIpc) is 3.45. The van der Waals surface area contributed by atoms with E-state index in [4.69, 9.17) is 17.0 Å². The fraction of sp³-hybridized carbons (Fsp3) is 0.0357. The van der Waals surface area contributed by atoms with Crippen LogP contribution in [-0.2, 0) is 11.3 Å². The number of nitrogens with zero attached hydrogens (tertiary/aromatic N) is 3. The molecule has 0 saturated heterocycles. The first kappa shape index (κ1) is 21.6. The lowest BCUT2D eigenvalue weighted by molar-refractivity contribution is -0.114. The normalized spacial score (nSPS) is 16.6. The van der Waals surface area contributed by atoms with Crippen LogP contribution in [0.1, 0.15) is 16.7 Å². The molecule has 1 N–H and O–H groups in total. The first-order chi connectivity index (χ1) is 17.1. The van der Waals surface area contributed by atoms with Gasteiger partial charge in [-0.25, -0.2) is 0 Å². The maximum absolute atomic E-state index is 13.0. The lowest BCUT2D eigenvalue weighted by atomic mass is 10.1. The van der Waals surface area contributed by atoms with Gasteiger partial charge in [-0.3, -0.25) is 15.1 Å². The number of aliphatic imine (C=N–C) groups is 1. The lowest BCUT2D eigenvalue weighted by Crippen LogP contribution is -2.37. The van der Waals surface area contributed by atoms with Crippen LogP contribution in [0, 0.1) is 5.41 Å². The first-order valence-electron chi connectivity index (χ1n) is 11.1. The number of amidine groups is 2. The number of thioether (sulfide) groups is 1. The number of para-hydroxylation sites is 1. The minimum atomic E-state index is -0.397. The molecule has 170 valence electrons. The summed E-state index contributed by atoms with van der Waals surface area (Å²) in [5, 5.41) is 13.1. The van der Waals surface area contributed by atoms with Gasteiger partial charge in [-0.15, -0.1) is 0 Å². The Hall–Kier alpha value is -3.87. The van der Waals surface area contributed by atoms with Gasteiger partial charge in [-0.1, -0.05) is 84.0 Å². The van der Waals surface area contributed by atoms with Crippen molar-refractivity contribution in [3.63, 3.8) is 0 Å². The minimum Gasteiger partial charge on any atom is -0.342 e. The summed E-state index contributed by atoms with van der Waals surface area (Å²) in [4.78, 5) is 19.0. The predicted molar refractivity (Wildman–Crippen MR) is 144 cm³/mol. The first-order valence-corrected chi connectivity index (χ1v) is 12.3. The van der Waals surface area contributed by atoms with Gasteiger partial charge in [-0.2, -0.15) is 4.99 Å². The van der Waals surface area contributed by atoms with E-state index in [1.807, 2.05) is 84.4 Å². The molecule has 0 atom stereocenters. The van der Waals surface area contributed by atoms with Gasteiger partial charge in [0.1, 0.15) is 5.84 Å². The minimum absolute atomic E-state index is 0.134. The van der Waals surface area contributed by atoms with Crippen LogP contribution in [0.2, 0.25) is 5.02 Å². The van der Waals surface area contributed by atoms with Crippen molar-refractivity contribution in [1.82, 2.24) is 9.47 Å². The van der Waals surface area contributed by atoms with Crippen molar-refractivity contribution in [2.24, 2.45) is 4.99 Å². The Morgan fingerprint density at radius 1 is 0.971 bits per heavy atom. The summed E-state index contributed by atoms with van der Waals surface area (Å²) >= 11 is 7.42. The summed E-state index contributed by atoms with van der Waals surface area (Å²) in [6, 6.07) is 25.7. The number of carbonyl (C=O) groups is 1. The van der Waals surface area contributed by atoms with Crippen molar-refractivity contribution >= 4 is 62.9 Å². The standard InChI is InChI=1S/C28H19ClN4OS/c29-21-12-10-18(11-13-21)15-32-16-20(22-8-4-5-9-24(22)32)14-23-26(30)33-25(19-6-2-1-3-7-19)17-35-28(33)31-27(23)34/h1-14,16-17,30H,15H2. The largest absolute Gasteiger partial charge is 0.342 e. The van der Waals surface area contributed by atoms with Crippen LogP contribution >= 0.6 is 23.4 Å². The molecule has 6 rings (SSSR count).